The zero-order valence-corrected chi connectivity index (χ0v) is 21.8. The molecule has 0 unspecified atom stereocenters. The first-order valence-electron chi connectivity index (χ1n) is 13.1. The summed E-state index contributed by atoms with van der Waals surface area (Å²) in [7, 11) is 0. The standard InChI is InChI=1S/2C14H22O.C2H4O2/c2*1-2-3-4-5-6-7-9-13-10-8-11-14(15)12-13;1-2(3)4/h2*8,10-12,15H,2-7,9H2,1H3;1H3,(H,3,4). The zero-order valence-electron chi connectivity index (χ0n) is 21.8. The highest BCUT2D eigenvalue weighted by Gasteiger charge is 1.96. The van der Waals surface area contributed by atoms with Crippen LogP contribution in [0.25, 0.3) is 0 Å². The van der Waals surface area contributed by atoms with Gasteiger partial charge in [-0.1, -0.05) is 102 Å². The minimum absolute atomic E-state index is 0.387. The predicted molar refractivity (Wildman–Crippen MR) is 144 cm³/mol. The minimum atomic E-state index is -0.833. The third-order valence-electron chi connectivity index (χ3n) is 5.46. The van der Waals surface area contributed by atoms with Crippen molar-refractivity contribution >= 4 is 5.97 Å². The van der Waals surface area contributed by atoms with Crippen LogP contribution in [0.4, 0.5) is 0 Å². The summed E-state index contributed by atoms with van der Waals surface area (Å²) in [5, 5.41) is 26.0. The first-order chi connectivity index (χ1) is 16.4. The molecule has 2 rings (SSSR count). The van der Waals surface area contributed by atoms with Gasteiger partial charge in [-0.3, -0.25) is 4.79 Å². The van der Waals surface area contributed by atoms with Crippen molar-refractivity contribution in [3.63, 3.8) is 0 Å². The number of phenols is 2. The Bertz CT molecular complexity index is 681. The van der Waals surface area contributed by atoms with Gasteiger partial charge in [-0.25, -0.2) is 0 Å². The Morgan fingerprint density at radius 2 is 0.941 bits per heavy atom. The van der Waals surface area contributed by atoms with Crippen LogP contribution in [0.1, 0.15) is 109 Å². The summed E-state index contributed by atoms with van der Waals surface area (Å²) >= 11 is 0. The second-order valence-electron chi connectivity index (χ2n) is 8.89. The van der Waals surface area contributed by atoms with Gasteiger partial charge in [0.25, 0.3) is 5.97 Å². The molecule has 4 nitrogen and oxygen atoms in total. The van der Waals surface area contributed by atoms with Crippen LogP contribution < -0.4 is 0 Å². The van der Waals surface area contributed by atoms with E-state index in [1.54, 1.807) is 12.1 Å². The van der Waals surface area contributed by atoms with Crippen LogP contribution in [0.3, 0.4) is 0 Å². The lowest BCUT2D eigenvalue weighted by Gasteiger charge is -2.02. The SMILES string of the molecule is CC(=O)O.CCCCCCCCc1cccc(O)c1.CCCCCCCCc1cccc(O)c1. The number of aromatic hydroxyl groups is 2. The Morgan fingerprint density at radius 3 is 1.26 bits per heavy atom. The topological polar surface area (TPSA) is 77.8 Å². The van der Waals surface area contributed by atoms with Crippen molar-refractivity contribution in [3.05, 3.63) is 59.7 Å². The Kier molecular flexibility index (Phi) is 20.7. The van der Waals surface area contributed by atoms with Crippen molar-refractivity contribution in [1.29, 1.82) is 0 Å². The molecule has 0 bridgehead atoms. The molecule has 2 aromatic carbocycles. The number of rotatable bonds is 14. The van der Waals surface area contributed by atoms with Crippen molar-refractivity contribution in [2.24, 2.45) is 0 Å². The molecule has 0 amide bonds. The number of carbonyl (C=O) groups is 1. The molecular formula is C30H48O4. The van der Waals surface area contributed by atoms with Gasteiger partial charge in [0, 0.05) is 6.92 Å². The van der Waals surface area contributed by atoms with Gasteiger partial charge in [0.05, 0.1) is 0 Å². The Balaban J connectivity index is 0.000000554. The van der Waals surface area contributed by atoms with Gasteiger partial charge < -0.3 is 15.3 Å². The number of carboxylic acid groups (broad SMARTS) is 1. The molecule has 3 N–H and O–H groups in total. The van der Waals surface area contributed by atoms with E-state index in [-0.39, 0.29) is 0 Å². The number of aryl methyl sites for hydroxylation is 2. The third kappa shape index (κ3) is 21.4. The normalized spacial score (nSPS) is 9.97. The fraction of sp³-hybridized carbons (Fsp3) is 0.567. The molecule has 192 valence electrons. The number of aliphatic carboxylic acids is 1. The minimum Gasteiger partial charge on any atom is -0.508 e. The number of phenolic OH excluding ortho intramolecular Hbond substituents is 2. The molecule has 0 aliphatic rings. The molecule has 2 aromatic rings. The van der Waals surface area contributed by atoms with Crippen LogP contribution in [0.2, 0.25) is 0 Å². The van der Waals surface area contributed by atoms with Gasteiger partial charge >= 0.3 is 0 Å². The van der Waals surface area contributed by atoms with Gasteiger partial charge in [-0.2, -0.15) is 0 Å². The maximum atomic E-state index is 9.29. The van der Waals surface area contributed by atoms with Crippen LogP contribution in [0.5, 0.6) is 11.5 Å². The molecule has 0 saturated carbocycles. The monoisotopic (exact) mass is 472 g/mol. The van der Waals surface area contributed by atoms with Crippen LogP contribution >= 0.6 is 0 Å². The van der Waals surface area contributed by atoms with E-state index in [9.17, 15) is 10.2 Å². The van der Waals surface area contributed by atoms with Crippen LogP contribution in [-0.2, 0) is 17.6 Å². The first kappa shape index (κ1) is 31.5. The second-order valence-corrected chi connectivity index (χ2v) is 8.89. The van der Waals surface area contributed by atoms with Crippen molar-refractivity contribution in [3.8, 4) is 11.5 Å². The fourth-order valence-corrected chi connectivity index (χ4v) is 3.64. The highest BCUT2D eigenvalue weighted by atomic mass is 16.4. The lowest BCUT2D eigenvalue weighted by atomic mass is 10.0. The maximum Gasteiger partial charge on any atom is 0.300 e. The number of hydrogen-bond donors (Lipinski definition) is 3. The van der Waals surface area contributed by atoms with E-state index in [0.29, 0.717) is 11.5 Å². The number of benzene rings is 2. The lowest BCUT2D eigenvalue weighted by molar-refractivity contribution is -0.134. The molecular weight excluding hydrogens is 424 g/mol. The van der Waals surface area contributed by atoms with E-state index in [1.807, 2.05) is 24.3 Å². The van der Waals surface area contributed by atoms with E-state index in [2.05, 4.69) is 26.0 Å². The Labute approximate surface area is 208 Å². The van der Waals surface area contributed by atoms with Gasteiger partial charge in [-0.15, -0.1) is 0 Å². The Morgan fingerprint density at radius 1 is 0.618 bits per heavy atom. The van der Waals surface area contributed by atoms with Crippen molar-refractivity contribution in [2.45, 2.75) is 111 Å². The van der Waals surface area contributed by atoms with E-state index in [4.69, 9.17) is 9.90 Å². The highest BCUT2D eigenvalue weighted by molar-refractivity contribution is 5.62. The summed E-state index contributed by atoms with van der Waals surface area (Å²) in [5.74, 6) is -0.0584. The average molecular weight is 473 g/mol. The van der Waals surface area contributed by atoms with Gasteiger partial charge in [-0.05, 0) is 61.1 Å². The van der Waals surface area contributed by atoms with Gasteiger partial charge in [0.1, 0.15) is 11.5 Å². The summed E-state index contributed by atoms with van der Waals surface area (Å²) in [4.78, 5) is 9.00. The lowest BCUT2D eigenvalue weighted by Crippen LogP contribution is -1.85. The summed E-state index contributed by atoms with van der Waals surface area (Å²) in [6.45, 7) is 5.57. The van der Waals surface area contributed by atoms with Crippen LogP contribution in [-0.4, -0.2) is 21.3 Å². The van der Waals surface area contributed by atoms with E-state index in [1.165, 1.54) is 88.2 Å². The van der Waals surface area contributed by atoms with Crippen molar-refractivity contribution in [1.82, 2.24) is 0 Å². The molecule has 0 aromatic heterocycles. The largest absolute Gasteiger partial charge is 0.508 e. The molecule has 0 fully saturated rings. The molecule has 0 spiro atoms. The number of carboxylic acids is 1. The molecule has 0 heterocycles. The molecule has 0 atom stereocenters. The Hall–Kier alpha value is -2.49. The van der Waals surface area contributed by atoms with Gasteiger partial charge in [0.2, 0.25) is 0 Å². The predicted octanol–water partition coefficient (Wildman–Crippen LogP) is 8.68. The second kappa shape index (κ2) is 22.3. The smallest absolute Gasteiger partial charge is 0.300 e. The summed E-state index contributed by atoms with van der Waals surface area (Å²) in [5.41, 5.74) is 2.51. The van der Waals surface area contributed by atoms with Crippen LogP contribution in [0, 0.1) is 0 Å². The molecule has 0 radical (unpaired) electrons. The summed E-state index contributed by atoms with van der Waals surface area (Å²) < 4.78 is 0. The van der Waals surface area contributed by atoms with Crippen molar-refractivity contribution in [2.75, 3.05) is 0 Å². The van der Waals surface area contributed by atoms with Crippen LogP contribution in [0.15, 0.2) is 48.5 Å². The molecule has 4 heteroatoms. The average Bonchev–Trinajstić information content (AvgIpc) is 2.79. The van der Waals surface area contributed by atoms with E-state index < -0.39 is 5.97 Å². The summed E-state index contributed by atoms with van der Waals surface area (Å²) in [6, 6.07) is 15.2. The molecule has 34 heavy (non-hydrogen) atoms. The highest BCUT2D eigenvalue weighted by Crippen LogP contribution is 2.15. The summed E-state index contributed by atoms with van der Waals surface area (Å²) in [6.07, 6.45) is 18.1. The zero-order chi connectivity index (χ0) is 25.4. The molecule has 0 saturated heterocycles. The van der Waals surface area contributed by atoms with Gasteiger partial charge in [0.15, 0.2) is 0 Å². The number of hydrogen-bond acceptors (Lipinski definition) is 3. The molecule has 0 aliphatic heterocycles. The van der Waals surface area contributed by atoms with Crippen molar-refractivity contribution < 1.29 is 20.1 Å². The fourth-order valence-electron chi connectivity index (χ4n) is 3.64. The number of unbranched alkanes of at least 4 members (excludes halogenated alkanes) is 10. The third-order valence-corrected chi connectivity index (χ3v) is 5.46. The molecule has 0 aliphatic carbocycles. The quantitative estimate of drug-likeness (QED) is 0.240. The maximum absolute atomic E-state index is 9.29. The van der Waals surface area contributed by atoms with E-state index >= 15 is 0 Å². The van der Waals surface area contributed by atoms with E-state index in [0.717, 1.165) is 19.8 Å². The first-order valence-corrected chi connectivity index (χ1v) is 13.1.